The Labute approximate surface area is 286 Å². The van der Waals surface area contributed by atoms with Gasteiger partial charge in [-0.1, -0.05) is 164 Å². The van der Waals surface area contributed by atoms with E-state index < -0.39 is 0 Å². The van der Waals surface area contributed by atoms with Crippen LogP contribution in [0, 0.1) is 0 Å². The molecule has 0 bridgehead atoms. The fourth-order valence-corrected chi connectivity index (χ4v) is 7.31. The standard InChI is InChI=1S/C47H32N2/c1-6-17-33(18-7-1)39-31-38-29-30-49(47(38)48-32-39)41-28-16-27-40-42(34-19-8-2-9-20-34)43(35-21-10-3-11-22-35)44(36-23-12-4-13-24-36)45(46(40)41)37-25-14-5-15-26-37/h1-32H. The van der Waals surface area contributed by atoms with E-state index in [0.29, 0.717) is 0 Å². The molecule has 0 N–H and O–H groups in total. The third-order valence-corrected chi connectivity index (χ3v) is 9.45. The summed E-state index contributed by atoms with van der Waals surface area (Å²) >= 11 is 0. The Hall–Kier alpha value is -6.51. The Morgan fingerprint density at radius 1 is 0.367 bits per heavy atom. The maximum atomic E-state index is 5.09. The van der Waals surface area contributed by atoms with Crippen LogP contribution >= 0.6 is 0 Å². The Morgan fingerprint density at radius 2 is 0.837 bits per heavy atom. The van der Waals surface area contributed by atoms with Crippen LogP contribution in [0.5, 0.6) is 0 Å². The zero-order valence-corrected chi connectivity index (χ0v) is 26.9. The molecule has 0 fully saturated rings. The minimum absolute atomic E-state index is 0.931. The Kier molecular flexibility index (Phi) is 7.18. The molecule has 2 aromatic heterocycles. The number of rotatable bonds is 6. The second-order valence-electron chi connectivity index (χ2n) is 12.4. The highest BCUT2D eigenvalue weighted by Gasteiger charge is 2.26. The Bertz CT molecular complexity index is 2550. The van der Waals surface area contributed by atoms with E-state index >= 15 is 0 Å². The highest BCUT2D eigenvalue weighted by Crippen LogP contribution is 2.52. The van der Waals surface area contributed by atoms with Gasteiger partial charge in [0.05, 0.1) is 5.69 Å². The summed E-state index contributed by atoms with van der Waals surface area (Å²) in [5.74, 6) is 0. The zero-order chi connectivity index (χ0) is 32.6. The van der Waals surface area contributed by atoms with Gasteiger partial charge < -0.3 is 4.57 Å². The lowest BCUT2D eigenvalue weighted by atomic mass is 9.78. The van der Waals surface area contributed by atoms with Crippen LogP contribution in [-0.4, -0.2) is 9.55 Å². The van der Waals surface area contributed by atoms with Gasteiger partial charge >= 0.3 is 0 Å². The van der Waals surface area contributed by atoms with Crippen molar-refractivity contribution in [1.29, 1.82) is 0 Å². The summed E-state index contributed by atoms with van der Waals surface area (Å²) in [5, 5.41) is 3.49. The molecule has 0 aliphatic rings. The minimum atomic E-state index is 0.931. The fraction of sp³-hybridized carbons (Fsp3) is 0. The smallest absolute Gasteiger partial charge is 0.144 e. The summed E-state index contributed by atoms with van der Waals surface area (Å²) in [6, 6.07) is 65.1. The first-order chi connectivity index (χ1) is 24.3. The second-order valence-corrected chi connectivity index (χ2v) is 12.4. The molecule has 0 aliphatic heterocycles. The highest BCUT2D eigenvalue weighted by molar-refractivity contribution is 6.20. The summed E-state index contributed by atoms with van der Waals surface area (Å²) < 4.78 is 2.27. The minimum Gasteiger partial charge on any atom is -0.301 e. The maximum absolute atomic E-state index is 5.09. The van der Waals surface area contributed by atoms with Crippen LogP contribution in [-0.2, 0) is 0 Å². The summed E-state index contributed by atoms with van der Waals surface area (Å²) in [4.78, 5) is 5.09. The van der Waals surface area contributed by atoms with Crippen molar-refractivity contribution in [1.82, 2.24) is 9.55 Å². The third-order valence-electron chi connectivity index (χ3n) is 9.45. The van der Waals surface area contributed by atoms with Gasteiger partial charge in [0.25, 0.3) is 0 Å². The Morgan fingerprint density at radius 3 is 1.39 bits per heavy atom. The van der Waals surface area contributed by atoms with Crippen molar-refractivity contribution in [2.45, 2.75) is 0 Å². The van der Waals surface area contributed by atoms with Crippen molar-refractivity contribution < 1.29 is 0 Å². The first kappa shape index (κ1) is 28.7. The molecule has 2 nitrogen and oxygen atoms in total. The number of hydrogen-bond donors (Lipinski definition) is 0. The number of hydrogen-bond acceptors (Lipinski definition) is 1. The predicted molar refractivity (Wildman–Crippen MR) is 206 cm³/mol. The van der Waals surface area contributed by atoms with E-state index in [9.17, 15) is 0 Å². The summed E-state index contributed by atoms with van der Waals surface area (Å²) in [6.07, 6.45) is 4.17. The molecule has 2 heterocycles. The maximum Gasteiger partial charge on any atom is 0.144 e. The number of pyridine rings is 1. The molecule has 7 aromatic carbocycles. The van der Waals surface area contributed by atoms with Gasteiger partial charge in [-0.25, -0.2) is 4.98 Å². The average molecular weight is 625 g/mol. The van der Waals surface area contributed by atoms with Crippen LogP contribution in [0.15, 0.2) is 194 Å². The molecule has 0 amide bonds. The molecule has 2 heteroatoms. The molecule has 0 saturated carbocycles. The second kappa shape index (κ2) is 12.3. The first-order valence-corrected chi connectivity index (χ1v) is 16.7. The van der Waals surface area contributed by atoms with E-state index in [2.05, 4.69) is 187 Å². The van der Waals surface area contributed by atoms with Crippen LogP contribution in [0.3, 0.4) is 0 Å². The van der Waals surface area contributed by atoms with Crippen molar-refractivity contribution in [3.63, 3.8) is 0 Å². The van der Waals surface area contributed by atoms with Gasteiger partial charge in [-0.05, 0) is 68.1 Å². The van der Waals surface area contributed by atoms with Crippen molar-refractivity contribution >= 4 is 21.8 Å². The highest BCUT2D eigenvalue weighted by atomic mass is 15.0. The SMILES string of the molecule is c1ccc(-c2cnc3c(ccn3-c3cccc4c(-c5ccccc5)c(-c5ccccc5)c(-c5ccccc5)c(-c5ccccc5)c34)c2)cc1. The van der Waals surface area contributed by atoms with E-state index in [-0.39, 0.29) is 0 Å². The number of nitrogens with zero attached hydrogens (tertiary/aromatic N) is 2. The van der Waals surface area contributed by atoms with Crippen LogP contribution in [0.2, 0.25) is 0 Å². The van der Waals surface area contributed by atoms with Gasteiger partial charge in [-0.2, -0.15) is 0 Å². The summed E-state index contributed by atoms with van der Waals surface area (Å²) in [7, 11) is 0. The lowest BCUT2D eigenvalue weighted by Gasteiger charge is -2.26. The Balaban J connectivity index is 1.46. The molecule has 0 radical (unpaired) electrons. The van der Waals surface area contributed by atoms with E-state index in [1.807, 2.05) is 12.3 Å². The monoisotopic (exact) mass is 624 g/mol. The van der Waals surface area contributed by atoms with E-state index in [4.69, 9.17) is 4.98 Å². The number of aromatic nitrogens is 2. The molecular weight excluding hydrogens is 593 g/mol. The number of fused-ring (bicyclic) bond motifs is 2. The van der Waals surface area contributed by atoms with Crippen molar-refractivity contribution in [2.75, 3.05) is 0 Å². The zero-order valence-electron chi connectivity index (χ0n) is 26.9. The van der Waals surface area contributed by atoms with Crippen LogP contribution < -0.4 is 0 Å². The molecule has 0 spiro atoms. The lowest BCUT2D eigenvalue weighted by molar-refractivity contribution is 1.11. The van der Waals surface area contributed by atoms with Crippen molar-refractivity contribution in [2.24, 2.45) is 0 Å². The van der Waals surface area contributed by atoms with Gasteiger partial charge in [0, 0.05) is 34.3 Å². The molecule has 9 rings (SSSR count). The van der Waals surface area contributed by atoms with Gasteiger partial charge in [-0.3, -0.25) is 0 Å². The van der Waals surface area contributed by atoms with E-state index in [0.717, 1.165) is 27.8 Å². The van der Waals surface area contributed by atoms with Gasteiger partial charge in [-0.15, -0.1) is 0 Å². The van der Waals surface area contributed by atoms with Crippen LogP contribution in [0.4, 0.5) is 0 Å². The molecule has 9 aromatic rings. The lowest BCUT2D eigenvalue weighted by Crippen LogP contribution is -2.02. The van der Waals surface area contributed by atoms with Gasteiger partial charge in [0.2, 0.25) is 0 Å². The molecule has 49 heavy (non-hydrogen) atoms. The molecule has 230 valence electrons. The van der Waals surface area contributed by atoms with Crippen molar-refractivity contribution in [3.8, 4) is 61.3 Å². The largest absolute Gasteiger partial charge is 0.301 e. The van der Waals surface area contributed by atoms with Gasteiger partial charge in [0.15, 0.2) is 0 Å². The summed E-state index contributed by atoms with van der Waals surface area (Å²) in [6.45, 7) is 0. The molecule has 0 unspecified atom stereocenters. The quantitative estimate of drug-likeness (QED) is 0.180. The molecular formula is C47H32N2. The van der Waals surface area contributed by atoms with E-state index in [1.165, 1.54) is 55.3 Å². The topological polar surface area (TPSA) is 17.8 Å². The molecule has 0 saturated heterocycles. The van der Waals surface area contributed by atoms with Gasteiger partial charge in [0.1, 0.15) is 5.65 Å². The third kappa shape index (κ3) is 5.02. The number of benzene rings is 7. The normalized spacial score (nSPS) is 11.3. The molecule has 0 atom stereocenters. The fourth-order valence-electron chi connectivity index (χ4n) is 7.31. The van der Waals surface area contributed by atoms with E-state index in [1.54, 1.807) is 0 Å². The summed E-state index contributed by atoms with van der Waals surface area (Å²) in [5.41, 5.74) is 13.9. The van der Waals surface area contributed by atoms with Crippen molar-refractivity contribution in [3.05, 3.63) is 194 Å². The molecule has 0 aliphatic carbocycles. The van der Waals surface area contributed by atoms with Crippen LogP contribution in [0.1, 0.15) is 0 Å². The van der Waals surface area contributed by atoms with Crippen LogP contribution in [0.25, 0.3) is 83.1 Å². The average Bonchev–Trinajstić information content (AvgIpc) is 3.62. The predicted octanol–water partition coefficient (Wildman–Crippen LogP) is 12.5. The first-order valence-electron chi connectivity index (χ1n) is 16.7.